The maximum absolute atomic E-state index is 12.6. The molecule has 2 heterocycles. The number of piperidine rings is 1. The summed E-state index contributed by atoms with van der Waals surface area (Å²) < 4.78 is 0. The molecule has 0 aliphatic carbocycles. The van der Waals surface area contributed by atoms with Crippen LogP contribution in [0.4, 0.5) is 0 Å². The van der Waals surface area contributed by atoms with Crippen LogP contribution < -0.4 is 0 Å². The zero-order valence-corrected chi connectivity index (χ0v) is 16.1. The summed E-state index contributed by atoms with van der Waals surface area (Å²) in [6.07, 6.45) is 2.65. The molecule has 6 heteroatoms. The first-order valence-corrected chi connectivity index (χ1v) is 9.53. The van der Waals surface area contributed by atoms with Gasteiger partial charge in [-0.25, -0.2) is 0 Å². The number of hydrogen-bond acceptors (Lipinski definition) is 4. The average molecular weight is 353 g/mol. The first-order chi connectivity index (χ1) is 11.1. The lowest BCUT2D eigenvalue weighted by molar-refractivity contribution is -0.139. The van der Waals surface area contributed by atoms with Crippen molar-refractivity contribution < 1.29 is 14.4 Å². The highest BCUT2D eigenvalue weighted by Gasteiger charge is 2.33. The molecule has 134 valence electrons. The van der Waals surface area contributed by atoms with Crippen molar-refractivity contribution in [3.05, 3.63) is 11.1 Å². The molecule has 2 fully saturated rings. The Morgan fingerprint density at radius 1 is 1.21 bits per heavy atom. The van der Waals surface area contributed by atoms with Gasteiger partial charge < -0.3 is 4.90 Å². The minimum absolute atomic E-state index is 0.0293. The Labute approximate surface area is 148 Å². The summed E-state index contributed by atoms with van der Waals surface area (Å²) in [5.74, 6) is 1.11. The van der Waals surface area contributed by atoms with Gasteiger partial charge in [-0.2, -0.15) is 0 Å². The predicted octanol–water partition coefficient (Wildman–Crippen LogP) is 2.52. The number of rotatable bonds is 3. The molecule has 0 radical (unpaired) electrons. The molecule has 0 aromatic heterocycles. The monoisotopic (exact) mass is 352 g/mol. The van der Waals surface area contributed by atoms with E-state index in [9.17, 15) is 14.4 Å². The number of carbonyl (C=O) groups is 3. The van der Waals surface area contributed by atoms with E-state index in [-0.39, 0.29) is 24.1 Å². The van der Waals surface area contributed by atoms with Crippen LogP contribution in [0.25, 0.3) is 0 Å². The zero-order valence-electron chi connectivity index (χ0n) is 15.3. The number of allylic oxidation sites excluding steroid dienone is 1. The maximum atomic E-state index is 12.6. The van der Waals surface area contributed by atoms with Gasteiger partial charge in [0, 0.05) is 24.6 Å². The van der Waals surface area contributed by atoms with Gasteiger partial charge in [0.2, 0.25) is 11.8 Å². The second-order valence-corrected chi connectivity index (χ2v) is 9.11. The third-order valence-electron chi connectivity index (χ3n) is 4.42. The summed E-state index contributed by atoms with van der Waals surface area (Å²) in [5, 5.41) is 0.603. The number of nitrogens with zero attached hydrogens (tertiary/aromatic N) is 2. The highest BCUT2D eigenvalue weighted by molar-refractivity contribution is 8.04. The minimum atomic E-state index is -0.493. The van der Waals surface area contributed by atoms with Gasteiger partial charge in [-0.3, -0.25) is 19.3 Å². The number of thioether (sulfide) groups is 1. The number of amides is 2. The first kappa shape index (κ1) is 19.0. The molecule has 2 amide bonds. The Morgan fingerprint density at radius 2 is 1.79 bits per heavy atom. The van der Waals surface area contributed by atoms with Crippen LogP contribution in [0.2, 0.25) is 0 Å². The number of hydrogen-bond donors (Lipinski definition) is 0. The predicted molar refractivity (Wildman–Crippen MR) is 96.2 cm³/mol. The summed E-state index contributed by atoms with van der Waals surface area (Å²) >= 11 is 1.34. The number of ketones is 1. The van der Waals surface area contributed by atoms with Crippen molar-refractivity contribution in [1.29, 1.82) is 0 Å². The Bertz CT molecular complexity index is 555. The molecule has 2 saturated heterocycles. The quantitative estimate of drug-likeness (QED) is 0.733. The molecule has 0 spiro atoms. The van der Waals surface area contributed by atoms with Crippen molar-refractivity contribution in [3.63, 3.8) is 0 Å². The highest BCUT2D eigenvalue weighted by Crippen LogP contribution is 2.31. The van der Waals surface area contributed by atoms with Crippen molar-refractivity contribution in [2.45, 2.75) is 41.0 Å². The third-order valence-corrected chi connectivity index (χ3v) is 5.44. The van der Waals surface area contributed by atoms with E-state index in [1.54, 1.807) is 0 Å². The zero-order chi connectivity index (χ0) is 18.1. The summed E-state index contributed by atoms with van der Waals surface area (Å²) in [6, 6.07) is 0. The minimum Gasteiger partial charge on any atom is -0.341 e. The van der Waals surface area contributed by atoms with Crippen LogP contribution in [-0.2, 0) is 14.4 Å². The largest absolute Gasteiger partial charge is 0.341 e. The number of carbonyl (C=O) groups excluding carboxylic acids is 3. The molecule has 2 rings (SSSR count). The smallest absolute Gasteiger partial charge is 0.242 e. The van der Waals surface area contributed by atoms with E-state index in [1.807, 2.05) is 25.7 Å². The first-order valence-electron chi connectivity index (χ1n) is 8.55. The van der Waals surface area contributed by atoms with Gasteiger partial charge in [0.05, 0.1) is 10.8 Å². The Hall–Kier alpha value is -1.30. The topological polar surface area (TPSA) is 57.7 Å². The van der Waals surface area contributed by atoms with E-state index >= 15 is 0 Å². The van der Waals surface area contributed by atoms with Gasteiger partial charge >= 0.3 is 0 Å². The molecule has 0 bridgehead atoms. The van der Waals surface area contributed by atoms with Crippen molar-refractivity contribution >= 4 is 29.4 Å². The fourth-order valence-electron chi connectivity index (χ4n) is 3.13. The number of likely N-dealkylation sites (tertiary alicyclic amines) is 1. The van der Waals surface area contributed by atoms with Gasteiger partial charge in [0.15, 0.2) is 5.78 Å². The van der Waals surface area contributed by atoms with E-state index in [1.165, 1.54) is 22.7 Å². The summed E-state index contributed by atoms with van der Waals surface area (Å²) in [4.78, 5) is 40.3. The Morgan fingerprint density at radius 3 is 2.33 bits per heavy atom. The molecule has 2 aliphatic rings. The van der Waals surface area contributed by atoms with E-state index < -0.39 is 5.41 Å². The second kappa shape index (κ2) is 7.30. The Kier molecular flexibility index (Phi) is 5.78. The summed E-state index contributed by atoms with van der Waals surface area (Å²) in [6.45, 7) is 11.4. The van der Waals surface area contributed by atoms with Crippen LogP contribution in [0, 0.1) is 17.3 Å². The lowest BCUT2D eigenvalue weighted by Gasteiger charge is -2.35. The van der Waals surface area contributed by atoms with E-state index in [4.69, 9.17) is 0 Å². The molecule has 2 unspecified atom stereocenters. The van der Waals surface area contributed by atoms with E-state index in [2.05, 4.69) is 13.8 Å². The van der Waals surface area contributed by atoms with Crippen LogP contribution in [0.5, 0.6) is 0 Å². The molecule has 5 nitrogen and oxygen atoms in total. The van der Waals surface area contributed by atoms with Gasteiger partial charge in [-0.05, 0) is 18.3 Å². The molecule has 24 heavy (non-hydrogen) atoms. The van der Waals surface area contributed by atoms with Crippen LogP contribution >= 0.6 is 11.8 Å². The fourth-order valence-corrected chi connectivity index (χ4v) is 4.07. The summed E-state index contributed by atoms with van der Waals surface area (Å²) in [5.41, 5.74) is -0.493. The SMILES string of the molecule is CC1CC(C)CN(C(=O)CN2C(=O)CS/C2=C\C(=O)C(C)(C)C)C1. The third kappa shape index (κ3) is 4.62. The van der Waals surface area contributed by atoms with Gasteiger partial charge in [-0.1, -0.05) is 46.4 Å². The van der Waals surface area contributed by atoms with Crippen LogP contribution in [0.15, 0.2) is 11.1 Å². The van der Waals surface area contributed by atoms with Crippen molar-refractivity contribution in [1.82, 2.24) is 9.80 Å². The molecule has 0 aromatic rings. The maximum Gasteiger partial charge on any atom is 0.242 e. The molecule has 0 saturated carbocycles. The normalized spacial score (nSPS) is 27.0. The van der Waals surface area contributed by atoms with E-state index in [0.29, 0.717) is 22.6 Å². The van der Waals surface area contributed by atoms with Gasteiger partial charge in [0.1, 0.15) is 6.54 Å². The van der Waals surface area contributed by atoms with Crippen LogP contribution in [0.1, 0.15) is 41.0 Å². The van der Waals surface area contributed by atoms with Crippen LogP contribution in [0.3, 0.4) is 0 Å². The molecular formula is C18H28N2O3S. The molecule has 2 atom stereocenters. The van der Waals surface area contributed by atoms with Crippen molar-refractivity contribution in [2.24, 2.45) is 17.3 Å². The molecule has 0 aromatic carbocycles. The lowest BCUT2D eigenvalue weighted by Crippen LogP contribution is -2.47. The molecule has 2 aliphatic heterocycles. The van der Waals surface area contributed by atoms with Crippen LogP contribution in [-0.4, -0.2) is 52.8 Å². The average Bonchev–Trinajstić information content (AvgIpc) is 2.78. The van der Waals surface area contributed by atoms with Crippen molar-refractivity contribution in [2.75, 3.05) is 25.4 Å². The molecular weight excluding hydrogens is 324 g/mol. The van der Waals surface area contributed by atoms with E-state index in [0.717, 1.165) is 19.5 Å². The highest BCUT2D eigenvalue weighted by atomic mass is 32.2. The van der Waals surface area contributed by atoms with Crippen molar-refractivity contribution in [3.8, 4) is 0 Å². The summed E-state index contributed by atoms with van der Waals surface area (Å²) in [7, 11) is 0. The fraction of sp³-hybridized carbons (Fsp3) is 0.722. The lowest BCUT2D eigenvalue weighted by atomic mass is 9.91. The second-order valence-electron chi connectivity index (χ2n) is 8.11. The van der Waals surface area contributed by atoms with Gasteiger partial charge in [-0.15, -0.1) is 0 Å². The Balaban J connectivity index is 2.08. The molecule has 0 N–H and O–H groups in total. The van der Waals surface area contributed by atoms with Gasteiger partial charge in [0.25, 0.3) is 0 Å². The standard InChI is InChI=1S/C18H28N2O3S/c1-12-6-13(2)9-19(8-12)15(22)10-20-16(23)11-24-17(20)7-14(21)18(3,4)5/h7,12-13H,6,8-11H2,1-5H3/b17-7-.